The predicted molar refractivity (Wildman–Crippen MR) is 84.7 cm³/mol. The number of carbonyl (C=O) groups is 2. The van der Waals surface area contributed by atoms with Crippen LogP contribution in [0, 0.1) is 5.92 Å². The van der Waals surface area contributed by atoms with Crippen molar-refractivity contribution in [3.05, 3.63) is 0 Å². The fourth-order valence-corrected chi connectivity index (χ4v) is 2.57. The molecule has 0 aliphatic carbocycles. The van der Waals surface area contributed by atoms with E-state index < -0.39 is 0 Å². The molecule has 0 aromatic rings. The first-order chi connectivity index (χ1) is 10.0. The first-order valence-corrected chi connectivity index (χ1v) is 8.32. The molecular formula is C16H31N3O2. The summed E-state index contributed by atoms with van der Waals surface area (Å²) >= 11 is 0. The molecule has 0 aromatic heterocycles. The molecule has 1 heterocycles. The van der Waals surface area contributed by atoms with Crippen LogP contribution < -0.4 is 11.1 Å². The maximum Gasteiger partial charge on any atom is 0.222 e. The monoisotopic (exact) mass is 297 g/mol. The van der Waals surface area contributed by atoms with E-state index in [-0.39, 0.29) is 23.8 Å². The summed E-state index contributed by atoms with van der Waals surface area (Å²) < 4.78 is 0. The Morgan fingerprint density at radius 1 is 1.14 bits per heavy atom. The van der Waals surface area contributed by atoms with Gasteiger partial charge in [0.25, 0.3) is 0 Å². The van der Waals surface area contributed by atoms with Crippen molar-refractivity contribution in [1.29, 1.82) is 0 Å². The van der Waals surface area contributed by atoms with Crippen LogP contribution in [-0.2, 0) is 9.59 Å². The molecule has 0 atom stereocenters. The zero-order valence-corrected chi connectivity index (χ0v) is 13.6. The topological polar surface area (TPSA) is 75.4 Å². The highest BCUT2D eigenvalue weighted by atomic mass is 16.2. The summed E-state index contributed by atoms with van der Waals surface area (Å²) in [5, 5.41) is 3.06. The van der Waals surface area contributed by atoms with Crippen molar-refractivity contribution >= 4 is 11.8 Å². The number of hydrogen-bond donors (Lipinski definition) is 2. The molecule has 0 aromatic carbocycles. The lowest BCUT2D eigenvalue weighted by atomic mass is 10.0. The highest BCUT2D eigenvalue weighted by Gasteiger charge is 2.23. The Morgan fingerprint density at radius 2 is 1.76 bits per heavy atom. The van der Waals surface area contributed by atoms with Crippen LogP contribution in [0.25, 0.3) is 0 Å². The molecule has 1 fully saturated rings. The summed E-state index contributed by atoms with van der Waals surface area (Å²) in [4.78, 5) is 25.7. The van der Waals surface area contributed by atoms with Gasteiger partial charge in [0.15, 0.2) is 0 Å². The summed E-state index contributed by atoms with van der Waals surface area (Å²) in [5.41, 5.74) is 5.45. The number of carbonyl (C=O) groups excluding carboxylic acids is 2. The van der Waals surface area contributed by atoms with Crippen LogP contribution in [-0.4, -0.2) is 42.4 Å². The van der Waals surface area contributed by atoms with Crippen LogP contribution >= 0.6 is 0 Å². The molecule has 122 valence electrons. The number of likely N-dealkylation sites (tertiary alicyclic amines) is 1. The summed E-state index contributed by atoms with van der Waals surface area (Å²) in [6.07, 6.45) is 6.61. The Morgan fingerprint density at radius 3 is 2.33 bits per heavy atom. The molecule has 1 saturated heterocycles. The molecule has 0 spiro atoms. The molecule has 1 aliphatic heterocycles. The van der Waals surface area contributed by atoms with Gasteiger partial charge >= 0.3 is 0 Å². The van der Waals surface area contributed by atoms with E-state index >= 15 is 0 Å². The van der Waals surface area contributed by atoms with E-state index in [1.807, 2.05) is 18.7 Å². The van der Waals surface area contributed by atoms with Crippen LogP contribution in [0.3, 0.4) is 0 Å². The Bertz CT molecular complexity index is 323. The van der Waals surface area contributed by atoms with Crippen molar-refractivity contribution in [2.75, 3.05) is 19.6 Å². The zero-order valence-electron chi connectivity index (χ0n) is 13.6. The van der Waals surface area contributed by atoms with Gasteiger partial charge in [0.1, 0.15) is 0 Å². The van der Waals surface area contributed by atoms with E-state index in [2.05, 4.69) is 5.32 Å². The van der Waals surface area contributed by atoms with Gasteiger partial charge in [0.05, 0.1) is 0 Å². The first-order valence-electron chi connectivity index (χ1n) is 8.32. The Labute approximate surface area is 128 Å². The Hall–Kier alpha value is -1.10. The summed E-state index contributed by atoms with van der Waals surface area (Å²) in [6.45, 7) is 6.08. The third-order valence-corrected chi connectivity index (χ3v) is 4.06. The second-order valence-electron chi connectivity index (χ2n) is 6.27. The lowest BCUT2D eigenvalue weighted by Gasteiger charge is -2.32. The molecule has 0 saturated carbocycles. The molecule has 0 unspecified atom stereocenters. The average molecular weight is 297 g/mol. The first kappa shape index (κ1) is 18.0. The quantitative estimate of drug-likeness (QED) is 0.669. The largest absolute Gasteiger partial charge is 0.353 e. The van der Waals surface area contributed by atoms with Gasteiger partial charge in [-0.05, 0) is 32.2 Å². The number of rotatable bonds is 8. The molecule has 0 bridgehead atoms. The minimum atomic E-state index is 0.0261. The smallest absolute Gasteiger partial charge is 0.222 e. The fourth-order valence-electron chi connectivity index (χ4n) is 2.57. The summed E-state index contributed by atoms with van der Waals surface area (Å²) in [5.74, 6) is 0.397. The van der Waals surface area contributed by atoms with Crippen molar-refractivity contribution in [3.8, 4) is 0 Å². The molecule has 3 N–H and O–H groups in total. The Balaban J connectivity index is 2.17. The predicted octanol–water partition coefficient (Wildman–Crippen LogP) is 1.66. The zero-order chi connectivity index (χ0) is 15.7. The van der Waals surface area contributed by atoms with E-state index in [9.17, 15) is 9.59 Å². The molecule has 0 radical (unpaired) electrons. The third kappa shape index (κ3) is 6.93. The molecule has 2 amide bonds. The number of nitrogens with zero attached hydrogens (tertiary/aromatic N) is 1. The summed E-state index contributed by atoms with van der Waals surface area (Å²) in [7, 11) is 0. The van der Waals surface area contributed by atoms with Crippen LogP contribution in [0.5, 0.6) is 0 Å². The maximum absolute atomic E-state index is 12.1. The van der Waals surface area contributed by atoms with Gasteiger partial charge < -0.3 is 16.0 Å². The molecule has 21 heavy (non-hydrogen) atoms. The number of unbranched alkanes of at least 4 members (excludes halogenated alkanes) is 3. The number of amides is 2. The SMILES string of the molecule is CC(C)C(=O)NC1CCN(C(=O)CCCCCCN)CC1. The van der Waals surface area contributed by atoms with Gasteiger partial charge in [0.2, 0.25) is 11.8 Å². The van der Waals surface area contributed by atoms with Gasteiger partial charge in [-0.25, -0.2) is 0 Å². The maximum atomic E-state index is 12.1. The Kier molecular flexibility index (Phi) is 8.35. The molecule has 5 nitrogen and oxygen atoms in total. The van der Waals surface area contributed by atoms with Crippen molar-refractivity contribution in [2.24, 2.45) is 11.7 Å². The van der Waals surface area contributed by atoms with E-state index in [0.29, 0.717) is 6.42 Å². The van der Waals surface area contributed by atoms with Crippen molar-refractivity contribution in [2.45, 2.75) is 64.8 Å². The van der Waals surface area contributed by atoms with Gasteiger partial charge in [-0.2, -0.15) is 0 Å². The van der Waals surface area contributed by atoms with Crippen LogP contribution in [0.4, 0.5) is 0 Å². The van der Waals surface area contributed by atoms with E-state index in [4.69, 9.17) is 5.73 Å². The lowest BCUT2D eigenvalue weighted by Crippen LogP contribution is -2.47. The third-order valence-electron chi connectivity index (χ3n) is 4.06. The highest BCUT2D eigenvalue weighted by molar-refractivity contribution is 5.78. The van der Waals surface area contributed by atoms with Crippen LogP contribution in [0.1, 0.15) is 58.8 Å². The van der Waals surface area contributed by atoms with E-state index in [1.54, 1.807) is 0 Å². The van der Waals surface area contributed by atoms with Gasteiger partial charge in [-0.3, -0.25) is 9.59 Å². The minimum Gasteiger partial charge on any atom is -0.353 e. The minimum absolute atomic E-state index is 0.0261. The second-order valence-corrected chi connectivity index (χ2v) is 6.27. The molecule has 1 aliphatic rings. The average Bonchev–Trinajstić information content (AvgIpc) is 2.47. The van der Waals surface area contributed by atoms with Crippen molar-refractivity contribution in [3.63, 3.8) is 0 Å². The van der Waals surface area contributed by atoms with Gasteiger partial charge in [-0.15, -0.1) is 0 Å². The van der Waals surface area contributed by atoms with Crippen LogP contribution in [0.2, 0.25) is 0 Å². The van der Waals surface area contributed by atoms with Crippen molar-refractivity contribution < 1.29 is 9.59 Å². The number of nitrogens with one attached hydrogen (secondary N) is 1. The standard InChI is InChI=1S/C16H31N3O2/c1-13(2)16(21)18-14-8-11-19(12-9-14)15(20)7-5-3-4-6-10-17/h13-14H,3-12,17H2,1-2H3,(H,18,21). The lowest BCUT2D eigenvalue weighted by molar-refractivity contribution is -0.132. The van der Waals surface area contributed by atoms with Gasteiger partial charge in [0, 0.05) is 31.5 Å². The highest BCUT2D eigenvalue weighted by Crippen LogP contribution is 2.13. The van der Waals surface area contributed by atoms with E-state index in [0.717, 1.165) is 58.2 Å². The second kappa shape index (κ2) is 9.77. The van der Waals surface area contributed by atoms with E-state index in [1.165, 1.54) is 0 Å². The normalized spacial score (nSPS) is 16.3. The van der Waals surface area contributed by atoms with Crippen molar-refractivity contribution in [1.82, 2.24) is 10.2 Å². The molecule has 5 heteroatoms. The molecular weight excluding hydrogens is 266 g/mol. The van der Waals surface area contributed by atoms with Crippen LogP contribution in [0.15, 0.2) is 0 Å². The fraction of sp³-hybridized carbons (Fsp3) is 0.875. The molecule has 1 rings (SSSR count). The number of piperidine rings is 1. The van der Waals surface area contributed by atoms with Gasteiger partial charge in [-0.1, -0.05) is 26.7 Å². The number of hydrogen-bond acceptors (Lipinski definition) is 3. The number of nitrogens with two attached hydrogens (primary N) is 1. The summed E-state index contributed by atoms with van der Waals surface area (Å²) in [6, 6.07) is 0.230.